The lowest BCUT2D eigenvalue weighted by Crippen LogP contribution is -2.11. The highest BCUT2D eigenvalue weighted by molar-refractivity contribution is 7.25. The fourth-order valence-corrected chi connectivity index (χ4v) is 9.38. The Morgan fingerprint density at radius 2 is 1.00 bits per heavy atom. The Kier molecular flexibility index (Phi) is 7.39. The van der Waals surface area contributed by atoms with E-state index in [1.807, 2.05) is 23.5 Å². The highest BCUT2D eigenvalue weighted by Crippen LogP contribution is 2.47. The average Bonchev–Trinajstić information content (AvgIpc) is 3.82. The molecule has 9 aromatic carbocycles. The van der Waals surface area contributed by atoms with E-state index in [0.29, 0.717) is 0 Å². The van der Waals surface area contributed by atoms with Crippen LogP contribution in [0.25, 0.3) is 86.3 Å². The van der Waals surface area contributed by atoms with Crippen LogP contribution in [-0.2, 0) is 0 Å². The molecule has 0 saturated carbocycles. The van der Waals surface area contributed by atoms with E-state index in [0.717, 1.165) is 44.6 Å². The fraction of sp³-hybridized carbons (Fsp3) is 0. The topological polar surface area (TPSA) is 16.4 Å². The van der Waals surface area contributed by atoms with Crippen LogP contribution in [-0.4, -0.2) is 0 Å². The lowest BCUT2D eigenvalue weighted by atomic mass is 9.96. The highest BCUT2D eigenvalue weighted by atomic mass is 32.1. The first kappa shape index (κ1) is 31.6. The highest BCUT2D eigenvalue weighted by Gasteiger charge is 2.21. The Labute approximate surface area is 322 Å². The zero-order chi connectivity index (χ0) is 36.3. The van der Waals surface area contributed by atoms with Gasteiger partial charge in [-0.3, -0.25) is 0 Å². The minimum atomic E-state index is 0.867. The number of nitrogens with zero attached hydrogens (tertiary/aromatic N) is 1. The van der Waals surface area contributed by atoms with Crippen LogP contribution in [0.2, 0.25) is 0 Å². The van der Waals surface area contributed by atoms with Gasteiger partial charge in [-0.25, -0.2) is 0 Å². The van der Waals surface area contributed by atoms with Crippen molar-refractivity contribution >= 4 is 81.3 Å². The van der Waals surface area contributed by atoms with E-state index in [1.165, 1.54) is 58.8 Å². The molecule has 11 rings (SSSR count). The van der Waals surface area contributed by atoms with E-state index in [-0.39, 0.29) is 0 Å². The van der Waals surface area contributed by atoms with Crippen molar-refractivity contribution in [2.45, 2.75) is 0 Å². The quantitative estimate of drug-likeness (QED) is 0.170. The third kappa shape index (κ3) is 5.40. The Hall–Kier alpha value is -6.94. The van der Waals surface area contributed by atoms with Crippen LogP contribution in [0.4, 0.5) is 17.1 Å². The summed E-state index contributed by atoms with van der Waals surface area (Å²) in [5.41, 5.74) is 12.1. The number of benzene rings is 9. The molecule has 0 aliphatic rings. The standard InChI is InChI=1S/C52H33NOS/c1-2-13-35-30-39(27-26-34(35)12-1)37-15-9-14-36(31-37)38-16-10-17-40(32-38)53(41-28-29-44-43-19-4-7-23-48(43)54-49(44)33-41)47-22-6-3-18-42(47)45-21-11-25-51-52(45)46-20-5-8-24-50(46)55-51/h1-33H. The van der Waals surface area contributed by atoms with Gasteiger partial charge >= 0.3 is 0 Å². The number of hydrogen-bond acceptors (Lipinski definition) is 3. The molecule has 0 amide bonds. The number of thiophene rings is 1. The molecule has 55 heavy (non-hydrogen) atoms. The van der Waals surface area contributed by atoms with Gasteiger partial charge in [-0.15, -0.1) is 11.3 Å². The van der Waals surface area contributed by atoms with Crippen molar-refractivity contribution in [1.29, 1.82) is 0 Å². The molecule has 0 unspecified atom stereocenters. The maximum atomic E-state index is 6.48. The van der Waals surface area contributed by atoms with Gasteiger partial charge in [0.15, 0.2) is 0 Å². The summed E-state index contributed by atoms with van der Waals surface area (Å²) in [4.78, 5) is 2.39. The van der Waals surface area contributed by atoms with Gasteiger partial charge in [0.25, 0.3) is 0 Å². The van der Waals surface area contributed by atoms with Gasteiger partial charge < -0.3 is 9.32 Å². The van der Waals surface area contributed by atoms with Gasteiger partial charge in [-0.1, -0.05) is 133 Å². The fourth-order valence-electron chi connectivity index (χ4n) is 8.25. The first-order valence-electron chi connectivity index (χ1n) is 18.7. The summed E-state index contributed by atoms with van der Waals surface area (Å²) < 4.78 is 9.06. The van der Waals surface area contributed by atoms with E-state index in [1.54, 1.807) is 0 Å². The molecule has 0 fully saturated rings. The van der Waals surface area contributed by atoms with Crippen molar-refractivity contribution in [2.24, 2.45) is 0 Å². The molecule has 11 aromatic rings. The van der Waals surface area contributed by atoms with Crippen molar-refractivity contribution in [3.05, 3.63) is 200 Å². The molecule has 0 aliphatic carbocycles. The maximum absolute atomic E-state index is 6.48. The Morgan fingerprint density at radius 1 is 0.364 bits per heavy atom. The molecule has 2 nitrogen and oxygen atoms in total. The van der Waals surface area contributed by atoms with Crippen molar-refractivity contribution in [3.63, 3.8) is 0 Å². The summed E-state index contributed by atoms with van der Waals surface area (Å²) in [6.07, 6.45) is 0. The zero-order valence-corrected chi connectivity index (χ0v) is 30.6. The molecule has 0 bridgehead atoms. The van der Waals surface area contributed by atoms with Crippen LogP contribution in [0.1, 0.15) is 0 Å². The van der Waals surface area contributed by atoms with Crippen LogP contribution in [0.15, 0.2) is 205 Å². The van der Waals surface area contributed by atoms with Crippen LogP contribution in [0.3, 0.4) is 0 Å². The number of rotatable bonds is 6. The molecule has 2 aromatic heterocycles. The molecule has 258 valence electrons. The van der Waals surface area contributed by atoms with Gasteiger partial charge in [0.05, 0.1) is 5.69 Å². The van der Waals surface area contributed by atoms with E-state index < -0.39 is 0 Å². The normalized spacial score (nSPS) is 11.6. The van der Waals surface area contributed by atoms with Gasteiger partial charge in [0, 0.05) is 53.9 Å². The van der Waals surface area contributed by atoms with Crippen molar-refractivity contribution in [1.82, 2.24) is 0 Å². The number of fused-ring (bicyclic) bond motifs is 7. The third-order valence-corrected chi connectivity index (χ3v) is 12.0. The van der Waals surface area contributed by atoms with Crippen molar-refractivity contribution < 1.29 is 4.42 Å². The monoisotopic (exact) mass is 719 g/mol. The van der Waals surface area contributed by atoms with E-state index in [4.69, 9.17) is 4.42 Å². The molecule has 0 N–H and O–H groups in total. The van der Waals surface area contributed by atoms with Gasteiger partial charge in [0.2, 0.25) is 0 Å². The Balaban J connectivity index is 1.10. The van der Waals surface area contributed by atoms with Gasteiger partial charge in [-0.05, 0) is 99.3 Å². The largest absolute Gasteiger partial charge is 0.456 e. The van der Waals surface area contributed by atoms with E-state index in [2.05, 4.69) is 193 Å². The second-order valence-corrected chi connectivity index (χ2v) is 15.2. The second kappa shape index (κ2) is 12.9. The summed E-state index contributed by atoms with van der Waals surface area (Å²) in [7, 11) is 0. The van der Waals surface area contributed by atoms with E-state index in [9.17, 15) is 0 Å². The number of hydrogen-bond donors (Lipinski definition) is 0. The lowest BCUT2D eigenvalue weighted by molar-refractivity contribution is 0.669. The van der Waals surface area contributed by atoms with Crippen LogP contribution >= 0.6 is 11.3 Å². The predicted octanol–water partition coefficient (Wildman–Crippen LogP) is 15.6. The minimum Gasteiger partial charge on any atom is -0.456 e. The van der Waals surface area contributed by atoms with Crippen molar-refractivity contribution in [3.8, 4) is 33.4 Å². The number of furan rings is 1. The zero-order valence-electron chi connectivity index (χ0n) is 29.8. The molecule has 0 aliphatic heterocycles. The maximum Gasteiger partial charge on any atom is 0.137 e. The average molecular weight is 720 g/mol. The van der Waals surface area contributed by atoms with Crippen molar-refractivity contribution in [2.75, 3.05) is 4.90 Å². The SMILES string of the molecule is c1cc(-c2cccc(N(c3ccc4c(c3)oc3ccccc34)c3ccccc3-c3cccc4sc5ccccc5c34)c2)cc(-c2ccc3ccccc3c2)c1. The summed E-state index contributed by atoms with van der Waals surface area (Å²) in [5.74, 6) is 0. The Bertz CT molecular complexity index is 3240. The first-order chi connectivity index (χ1) is 27.2. The molecule has 2 heterocycles. The molecule has 3 heteroatoms. The summed E-state index contributed by atoms with van der Waals surface area (Å²) >= 11 is 1.85. The molecule has 0 atom stereocenters. The van der Waals surface area contributed by atoms with Gasteiger partial charge in [0.1, 0.15) is 11.2 Å². The first-order valence-corrected chi connectivity index (χ1v) is 19.5. The van der Waals surface area contributed by atoms with E-state index >= 15 is 0 Å². The second-order valence-electron chi connectivity index (χ2n) is 14.1. The molecule has 0 spiro atoms. The third-order valence-electron chi connectivity index (χ3n) is 10.8. The predicted molar refractivity (Wildman–Crippen MR) is 235 cm³/mol. The smallest absolute Gasteiger partial charge is 0.137 e. The number of para-hydroxylation sites is 2. The summed E-state index contributed by atoms with van der Waals surface area (Å²) in [6, 6.07) is 72.3. The van der Waals surface area contributed by atoms with Gasteiger partial charge in [-0.2, -0.15) is 0 Å². The van der Waals surface area contributed by atoms with Crippen LogP contribution < -0.4 is 4.90 Å². The molecule has 0 saturated heterocycles. The van der Waals surface area contributed by atoms with Crippen LogP contribution in [0, 0.1) is 0 Å². The molecular weight excluding hydrogens is 687 g/mol. The summed E-state index contributed by atoms with van der Waals surface area (Å²) in [5, 5.41) is 7.31. The Morgan fingerprint density at radius 3 is 1.91 bits per heavy atom. The number of anilines is 3. The lowest BCUT2D eigenvalue weighted by Gasteiger charge is -2.28. The summed E-state index contributed by atoms with van der Waals surface area (Å²) in [6.45, 7) is 0. The van der Waals surface area contributed by atoms with Crippen LogP contribution in [0.5, 0.6) is 0 Å². The molecule has 0 radical (unpaired) electrons. The molecular formula is C52H33NOS. The minimum absolute atomic E-state index is 0.867.